The third-order valence-corrected chi connectivity index (χ3v) is 9.25. The molecule has 0 aliphatic carbocycles. The van der Waals surface area contributed by atoms with Crippen molar-refractivity contribution in [3.8, 4) is 40.1 Å². The van der Waals surface area contributed by atoms with Crippen molar-refractivity contribution >= 4 is 53.3 Å². The van der Waals surface area contributed by atoms with Crippen LogP contribution >= 0.6 is 11.3 Å². The lowest BCUT2D eigenvalue weighted by Crippen LogP contribution is -2.01. The van der Waals surface area contributed by atoms with Crippen LogP contribution in [0.3, 0.4) is 0 Å². The molecule has 0 amide bonds. The Labute approximate surface area is 246 Å². The molecule has 0 aliphatic heterocycles. The third-order valence-electron chi connectivity index (χ3n) is 8.10. The van der Waals surface area contributed by atoms with Crippen molar-refractivity contribution in [3.05, 3.63) is 139 Å². The summed E-state index contributed by atoms with van der Waals surface area (Å²) in [4.78, 5) is 0. The fraction of sp³-hybridized carbons (Fsp3) is 0. The molecule has 3 nitrogen and oxygen atoms in total. The van der Waals surface area contributed by atoms with Gasteiger partial charge in [0, 0.05) is 42.1 Å². The van der Waals surface area contributed by atoms with Gasteiger partial charge in [0.05, 0.1) is 33.9 Å². The van der Waals surface area contributed by atoms with Crippen molar-refractivity contribution in [1.29, 1.82) is 10.5 Å². The molecule has 6 aromatic carbocycles. The van der Waals surface area contributed by atoms with Gasteiger partial charge in [-0.2, -0.15) is 10.5 Å². The molecule has 0 fully saturated rings. The van der Waals surface area contributed by atoms with Crippen molar-refractivity contribution in [2.45, 2.75) is 0 Å². The zero-order chi connectivity index (χ0) is 28.2. The monoisotopic (exact) mass is 551 g/mol. The van der Waals surface area contributed by atoms with Gasteiger partial charge in [-0.3, -0.25) is 0 Å². The van der Waals surface area contributed by atoms with E-state index in [1.807, 2.05) is 36.4 Å². The SMILES string of the molecule is N#Cc1ccc(-c2cccc(C#N)c2-n2c3ccccc3c3ccccc32)cc1-c1ccc2sc3ccccc3c2c1. The summed E-state index contributed by atoms with van der Waals surface area (Å²) in [6, 6.07) is 48.3. The van der Waals surface area contributed by atoms with Gasteiger partial charge in [-0.05, 0) is 59.7 Å². The first-order chi connectivity index (χ1) is 20.7. The third kappa shape index (κ3) is 3.57. The Morgan fingerprint density at radius 1 is 0.476 bits per heavy atom. The Morgan fingerprint density at radius 2 is 1.10 bits per heavy atom. The molecule has 0 unspecified atom stereocenters. The fourth-order valence-electron chi connectivity index (χ4n) is 6.21. The predicted octanol–water partition coefficient (Wildman–Crippen LogP) is 10.2. The van der Waals surface area contributed by atoms with Crippen LogP contribution in [-0.4, -0.2) is 4.57 Å². The number of para-hydroxylation sites is 3. The molecule has 0 saturated carbocycles. The van der Waals surface area contributed by atoms with E-state index in [-0.39, 0.29) is 0 Å². The predicted molar refractivity (Wildman–Crippen MR) is 174 cm³/mol. The Balaban J connectivity index is 1.40. The molecule has 194 valence electrons. The molecule has 0 N–H and O–H groups in total. The molecule has 8 aromatic rings. The smallest absolute Gasteiger partial charge is 0.101 e. The van der Waals surface area contributed by atoms with Crippen LogP contribution in [0.15, 0.2) is 127 Å². The molecule has 0 spiro atoms. The van der Waals surface area contributed by atoms with Gasteiger partial charge in [0.15, 0.2) is 0 Å². The lowest BCUT2D eigenvalue weighted by atomic mass is 9.92. The summed E-state index contributed by atoms with van der Waals surface area (Å²) in [5.74, 6) is 0. The maximum atomic E-state index is 10.3. The van der Waals surface area contributed by atoms with E-state index in [9.17, 15) is 10.5 Å². The summed E-state index contributed by atoms with van der Waals surface area (Å²) < 4.78 is 4.69. The highest BCUT2D eigenvalue weighted by Crippen LogP contribution is 2.41. The van der Waals surface area contributed by atoms with Crippen LogP contribution in [-0.2, 0) is 0 Å². The highest BCUT2D eigenvalue weighted by atomic mass is 32.1. The van der Waals surface area contributed by atoms with E-state index < -0.39 is 0 Å². The van der Waals surface area contributed by atoms with Crippen LogP contribution in [0, 0.1) is 22.7 Å². The number of nitrogens with zero attached hydrogens (tertiary/aromatic N) is 3. The molecular formula is C38H21N3S. The molecule has 4 heteroatoms. The molecular weight excluding hydrogens is 531 g/mol. The lowest BCUT2D eigenvalue weighted by molar-refractivity contribution is 1.17. The van der Waals surface area contributed by atoms with Crippen molar-refractivity contribution in [1.82, 2.24) is 4.57 Å². The van der Waals surface area contributed by atoms with Gasteiger partial charge in [0.25, 0.3) is 0 Å². The van der Waals surface area contributed by atoms with E-state index >= 15 is 0 Å². The number of benzene rings is 6. The quantitative estimate of drug-likeness (QED) is 0.219. The van der Waals surface area contributed by atoms with Gasteiger partial charge in [-0.25, -0.2) is 0 Å². The number of nitriles is 2. The van der Waals surface area contributed by atoms with Crippen LogP contribution in [0.2, 0.25) is 0 Å². The molecule has 0 bridgehead atoms. The summed E-state index contributed by atoms with van der Waals surface area (Å²) in [7, 11) is 0. The number of rotatable bonds is 3. The van der Waals surface area contributed by atoms with Gasteiger partial charge in [-0.1, -0.05) is 78.9 Å². The van der Waals surface area contributed by atoms with Crippen LogP contribution in [0.25, 0.3) is 69.9 Å². The van der Waals surface area contributed by atoms with E-state index in [0.717, 1.165) is 49.7 Å². The number of aromatic nitrogens is 1. The average Bonchev–Trinajstić information content (AvgIpc) is 3.59. The second kappa shape index (κ2) is 9.46. The van der Waals surface area contributed by atoms with Crippen molar-refractivity contribution < 1.29 is 0 Å². The first-order valence-electron chi connectivity index (χ1n) is 13.7. The summed E-state index contributed by atoms with van der Waals surface area (Å²) >= 11 is 1.78. The van der Waals surface area contributed by atoms with E-state index in [0.29, 0.717) is 11.1 Å². The highest BCUT2D eigenvalue weighted by Gasteiger charge is 2.19. The zero-order valence-corrected chi connectivity index (χ0v) is 23.2. The summed E-state index contributed by atoms with van der Waals surface area (Å²) in [6.07, 6.45) is 0. The number of hydrogen-bond donors (Lipinski definition) is 0. The molecule has 0 aliphatic rings. The Hall–Kier alpha value is -5.68. The van der Waals surface area contributed by atoms with Crippen LogP contribution in [0.1, 0.15) is 11.1 Å². The Kier molecular flexibility index (Phi) is 5.44. The average molecular weight is 552 g/mol. The van der Waals surface area contributed by atoms with Gasteiger partial charge < -0.3 is 4.57 Å². The fourth-order valence-corrected chi connectivity index (χ4v) is 7.30. The maximum absolute atomic E-state index is 10.3. The standard InChI is InChI=1S/C38H21N3S/c39-22-26-17-16-24(20-32(26)25-18-19-37-33(21-25)31-11-3-6-15-36(31)42-37)28-12-7-8-27(23-40)38(28)41-34-13-4-1-9-29(34)30-10-2-5-14-35(30)41/h1-21H. The first kappa shape index (κ1) is 24.1. The summed E-state index contributed by atoms with van der Waals surface area (Å²) in [5, 5.41) is 25.1. The van der Waals surface area contributed by atoms with E-state index in [1.54, 1.807) is 11.3 Å². The van der Waals surface area contributed by atoms with Gasteiger partial charge in [0.1, 0.15) is 6.07 Å². The molecule has 42 heavy (non-hydrogen) atoms. The molecule has 2 heterocycles. The minimum absolute atomic E-state index is 0.594. The molecule has 0 radical (unpaired) electrons. The highest BCUT2D eigenvalue weighted by molar-refractivity contribution is 7.25. The largest absolute Gasteiger partial charge is 0.307 e. The first-order valence-corrected chi connectivity index (χ1v) is 14.5. The van der Waals surface area contributed by atoms with Gasteiger partial charge in [-0.15, -0.1) is 11.3 Å². The molecule has 8 rings (SSSR count). The van der Waals surface area contributed by atoms with Crippen LogP contribution < -0.4 is 0 Å². The van der Waals surface area contributed by atoms with Crippen molar-refractivity contribution in [3.63, 3.8) is 0 Å². The van der Waals surface area contributed by atoms with Crippen molar-refractivity contribution in [2.24, 2.45) is 0 Å². The molecule has 0 atom stereocenters. The second-order valence-electron chi connectivity index (χ2n) is 10.4. The van der Waals surface area contributed by atoms with Crippen LogP contribution in [0.4, 0.5) is 0 Å². The van der Waals surface area contributed by atoms with E-state index in [1.165, 1.54) is 20.2 Å². The van der Waals surface area contributed by atoms with E-state index in [2.05, 4.69) is 108 Å². The van der Waals surface area contributed by atoms with Crippen LogP contribution in [0.5, 0.6) is 0 Å². The minimum atomic E-state index is 0.594. The molecule has 2 aromatic heterocycles. The lowest BCUT2D eigenvalue weighted by Gasteiger charge is -2.17. The summed E-state index contributed by atoms with van der Waals surface area (Å²) in [5.41, 5.74) is 7.91. The number of thiophene rings is 1. The maximum Gasteiger partial charge on any atom is 0.101 e. The number of hydrogen-bond acceptors (Lipinski definition) is 3. The zero-order valence-electron chi connectivity index (χ0n) is 22.4. The molecule has 0 saturated heterocycles. The van der Waals surface area contributed by atoms with Gasteiger partial charge in [0.2, 0.25) is 0 Å². The Morgan fingerprint density at radius 3 is 1.83 bits per heavy atom. The normalized spacial score (nSPS) is 11.3. The van der Waals surface area contributed by atoms with E-state index in [4.69, 9.17) is 0 Å². The summed E-state index contributed by atoms with van der Waals surface area (Å²) in [6.45, 7) is 0. The Bertz CT molecular complexity index is 2390. The topological polar surface area (TPSA) is 52.5 Å². The van der Waals surface area contributed by atoms with Gasteiger partial charge >= 0.3 is 0 Å². The number of fused-ring (bicyclic) bond motifs is 6. The second-order valence-corrected chi connectivity index (χ2v) is 11.4. The van der Waals surface area contributed by atoms with Crippen molar-refractivity contribution in [2.75, 3.05) is 0 Å². The minimum Gasteiger partial charge on any atom is -0.307 e.